The Kier molecular flexibility index (Phi) is 10.1. The summed E-state index contributed by atoms with van der Waals surface area (Å²) in [6, 6.07) is 27.6. The molecule has 5 nitrogen and oxygen atoms in total. The van der Waals surface area contributed by atoms with Crippen molar-refractivity contribution in [2.45, 2.75) is 71.5 Å². The minimum atomic E-state index is 0.709. The van der Waals surface area contributed by atoms with Gasteiger partial charge in [-0.2, -0.15) is 0 Å². The molecule has 3 aromatic carbocycles. The van der Waals surface area contributed by atoms with E-state index in [0.717, 1.165) is 67.6 Å². The largest absolute Gasteiger partial charge is 0.493 e. The summed E-state index contributed by atoms with van der Waals surface area (Å²) < 4.78 is 14.0. The summed E-state index contributed by atoms with van der Waals surface area (Å²) in [5.41, 5.74) is 5.88. The SMILES string of the molecule is CCCCn1c(-c2ccccc2)nc(-c2ccccc2)c1CN(Cc1cccc(OC)c1OC)CC1CCCCC1. The zero-order valence-corrected chi connectivity index (χ0v) is 25.0. The normalized spacial score (nSPS) is 14.0. The lowest BCUT2D eigenvalue weighted by Gasteiger charge is -2.31. The van der Waals surface area contributed by atoms with E-state index in [1.807, 2.05) is 6.07 Å². The van der Waals surface area contributed by atoms with Crippen molar-refractivity contribution in [3.63, 3.8) is 0 Å². The molecule has 0 radical (unpaired) electrons. The Morgan fingerprint density at radius 1 is 0.805 bits per heavy atom. The van der Waals surface area contributed by atoms with Gasteiger partial charge in [0, 0.05) is 42.9 Å². The Morgan fingerprint density at radius 3 is 2.17 bits per heavy atom. The fourth-order valence-electron chi connectivity index (χ4n) is 6.29. The number of rotatable bonds is 13. The van der Waals surface area contributed by atoms with Crippen molar-refractivity contribution >= 4 is 0 Å². The molecule has 216 valence electrons. The number of nitrogens with zero attached hydrogens (tertiary/aromatic N) is 3. The molecule has 0 N–H and O–H groups in total. The molecule has 1 saturated carbocycles. The van der Waals surface area contributed by atoms with Crippen LogP contribution in [-0.4, -0.2) is 35.2 Å². The van der Waals surface area contributed by atoms with Gasteiger partial charge in [0.05, 0.1) is 25.6 Å². The van der Waals surface area contributed by atoms with Crippen molar-refractivity contribution < 1.29 is 9.47 Å². The summed E-state index contributed by atoms with van der Waals surface area (Å²) in [7, 11) is 3.46. The van der Waals surface area contributed by atoms with Gasteiger partial charge in [-0.1, -0.05) is 105 Å². The number of para-hydroxylation sites is 1. The first-order valence-electron chi connectivity index (χ1n) is 15.3. The van der Waals surface area contributed by atoms with E-state index in [4.69, 9.17) is 14.5 Å². The van der Waals surface area contributed by atoms with E-state index in [-0.39, 0.29) is 0 Å². The standard InChI is InChI=1S/C36H45N3O2/c1-4-5-24-39-32(34(29-18-11-7-12-19-29)37-36(39)30-20-13-8-14-21-30)27-38(25-28-16-9-6-10-17-28)26-31-22-15-23-33(40-2)35(31)41-3/h7-8,11-15,18-23,28H,4-6,9-10,16-17,24-27H2,1-3H3. The molecule has 1 heterocycles. The molecule has 5 rings (SSSR count). The number of benzene rings is 3. The van der Waals surface area contributed by atoms with E-state index in [1.165, 1.54) is 48.9 Å². The fraction of sp³-hybridized carbons (Fsp3) is 0.417. The summed E-state index contributed by atoms with van der Waals surface area (Å²) in [5.74, 6) is 3.38. The number of hydrogen-bond acceptors (Lipinski definition) is 4. The predicted octanol–water partition coefficient (Wildman–Crippen LogP) is 8.62. The minimum absolute atomic E-state index is 0.709. The van der Waals surface area contributed by atoms with E-state index >= 15 is 0 Å². The third-order valence-corrected chi connectivity index (χ3v) is 8.38. The maximum absolute atomic E-state index is 5.87. The zero-order valence-electron chi connectivity index (χ0n) is 25.0. The monoisotopic (exact) mass is 551 g/mol. The highest BCUT2D eigenvalue weighted by molar-refractivity contribution is 5.68. The van der Waals surface area contributed by atoms with Crippen LogP contribution in [0.25, 0.3) is 22.6 Å². The molecule has 0 amide bonds. The summed E-state index contributed by atoms with van der Waals surface area (Å²) >= 11 is 0. The number of unbranched alkanes of at least 4 members (excludes halogenated alkanes) is 1. The lowest BCUT2D eigenvalue weighted by Crippen LogP contribution is -2.31. The highest BCUT2D eigenvalue weighted by Crippen LogP contribution is 2.35. The average Bonchev–Trinajstić information content (AvgIpc) is 3.38. The van der Waals surface area contributed by atoms with Crippen molar-refractivity contribution in [3.8, 4) is 34.1 Å². The summed E-state index contributed by atoms with van der Waals surface area (Å²) in [5, 5.41) is 0. The fourth-order valence-corrected chi connectivity index (χ4v) is 6.29. The predicted molar refractivity (Wildman–Crippen MR) is 168 cm³/mol. The molecule has 1 aromatic heterocycles. The number of methoxy groups -OCH3 is 2. The van der Waals surface area contributed by atoms with Crippen molar-refractivity contribution in [1.82, 2.24) is 14.5 Å². The first-order valence-corrected chi connectivity index (χ1v) is 15.3. The molecule has 1 aliphatic carbocycles. The molecule has 0 bridgehead atoms. The van der Waals surface area contributed by atoms with Crippen LogP contribution in [0.2, 0.25) is 0 Å². The van der Waals surface area contributed by atoms with Crippen LogP contribution in [0.5, 0.6) is 11.5 Å². The van der Waals surface area contributed by atoms with Gasteiger partial charge in [-0.25, -0.2) is 4.98 Å². The Hall–Kier alpha value is -3.57. The van der Waals surface area contributed by atoms with Gasteiger partial charge in [0.1, 0.15) is 5.82 Å². The second-order valence-corrected chi connectivity index (χ2v) is 11.3. The minimum Gasteiger partial charge on any atom is -0.493 e. The maximum Gasteiger partial charge on any atom is 0.165 e. The van der Waals surface area contributed by atoms with Crippen LogP contribution in [0.1, 0.15) is 63.1 Å². The van der Waals surface area contributed by atoms with E-state index in [1.54, 1.807) is 14.2 Å². The zero-order chi connectivity index (χ0) is 28.4. The third-order valence-electron chi connectivity index (χ3n) is 8.38. The van der Waals surface area contributed by atoms with Gasteiger partial charge < -0.3 is 14.0 Å². The van der Waals surface area contributed by atoms with E-state index in [9.17, 15) is 0 Å². The first-order chi connectivity index (χ1) is 20.2. The molecular weight excluding hydrogens is 506 g/mol. The quantitative estimate of drug-likeness (QED) is 0.167. The molecule has 4 aromatic rings. The Labute approximate surface area is 246 Å². The van der Waals surface area contributed by atoms with Crippen LogP contribution in [0.15, 0.2) is 78.9 Å². The molecule has 1 fully saturated rings. The molecule has 5 heteroatoms. The molecule has 0 saturated heterocycles. The topological polar surface area (TPSA) is 39.5 Å². The van der Waals surface area contributed by atoms with E-state index in [2.05, 4.69) is 89.2 Å². The third kappa shape index (κ3) is 7.02. The number of aromatic nitrogens is 2. The van der Waals surface area contributed by atoms with Gasteiger partial charge in [0.15, 0.2) is 11.5 Å². The van der Waals surface area contributed by atoms with Crippen molar-refractivity contribution in [1.29, 1.82) is 0 Å². The molecule has 0 spiro atoms. The number of imidazole rings is 1. The average molecular weight is 552 g/mol. The van der Waals surface area contributed by atoms with Gasteiger partial charge in [0.25, 0.3) is 0 Å². The van der Waals surface area contributed by atoms with Gasteiger partial charge >= 0.3 is 0 Å². The van der Waals surface area contributed by atoms with Crippen LogP contribution < -0.4 is 9.47 Å². The lowest BCUT2D eigenvalue weighted by atomic mass is 9.88. The van der Waals surface area contributed by atoms with Crippen LogP contribution >= 0.6 is 0 Å². The molecular formula is C36H45N3O2. The molecule has 0 unspecified atom stereocenters. The van der Waals surface area contributed by atoms with Crippen LogP contribution in [0, 0.1) is 5.92 Å². The molecule has 0 aliphatic heterocycles. The maximum atomic E-state index is 5.87. The first kappa shape index (κ1) is 28.9. The number of ether oxygens (including phenoxy) is 2. The second kappa shape index (κ2) is 14.4. The number of hydrogen-bond donors (Lipinski definition) is 0. The molecule has 41 heavy (non-hydrogen) atoms. The molecule has 1 aliphatic rings. The second-order valence-electron chi connectivity index (χ2n) is 11.3. The van der Waals surface area contributed by atoms with Gasteiger partial charge in [-0.15, -0.1) is 0 Å². The van der Waals surface area contributed by atoms with Crippen LogP contribution in [0.3, 0.4) is 0 Å². The highest BCUT2D eigenvalue weighted by Gasteiger charge is 2.25. The summed E-state index contributed by atoms with van der Waals surface area (Å²) in [6.45, 7) is 5.90. The van der Waals surface area contributed by atoms with Gasteiger partial charge in [-0.05, 0) is 31.2 Å². The summed E-state index contributed by atoms with van der Waals surface area (Å²) in [6.07, 6.45) is 8.90. The highest BCUT2D eigenvalue weighted by atomic mass is 16.5. The molecule has 0 atom stereocenters. The van der Waals surface area contributed by atoms with Crippen LogP contribution in [0.4, 0.5) is 0 Å². The smallest absolute Gasteiger partial charge is 0.165 e. The Balaban J connectivity index is 1.60. The Morgan fingerprint density at radius 2 is 1.51 bits per heavy atom. The lowest BCUT2D eigenvalue weighted by molar-refractivity contribution is 0.181. The Bertz CT molecular complexity index is 1360. The van der Waals surface area contributed by atoms with Crippen molar-refractivity contribution in [3.05, 3.63) is 90.1 Å². The van der Waals surface area contributed by atoms with Crippen LogP contribution in [-0.2, 0) is 19.6 Å². The summed E-state index contributed by atoms with van der Waals surface area (Å²) in [4.78, 5) is 8.00. The van der Waals surface area contributed by atoms with Gasteiger partial charge in [-0.3, -0.25) is 4.90 Å². The van der Waals surface area contributed by atoms with E-state index in [0.29, 0.717) is 5.92 Å². The van der Waals surface area contributed by atoms with Crippen molar-refractivity contribution in [2.75, 3.05) is 20.8 Å². The van der Waals surface area contributed by atoms with E-state index < -0.39 is 0 Å². The van der Waals surface area contributed by atoms with Crippen molar-refractivity contribution in [2.24, 2.45) is 5.92 Å². The van der Waals surface area contributed by atoms with Gasteiger partial charge in [0.2, 0.25) is 0 Å².